The quantitative estimate of drug-likeness (QED) is 0.920. The van der Waals surface area contributed by atoms with Gasteiger partial charge in [0, 0.05) is 28.2 Å². The summed E-state index contributed by atoms with van der Waals surface area (Å²) in [5, 5.41) is 9.99. The Hall–Kier alpha value is -2.11. The second-order valence-corrected chi connectivity index (χ2v) is 6.11. The van der Waals surface area contributed by atoms with Gasteiger partial charge >= 0.3 is 5.97 Å². The Morgan fingerprint density at radius 3 is 2.48 bits per heavy atom. The van der Waals surface area contributed by atoms with Gasteiger partial charge < -0.3 is 5.11 Å². The molecule has 118 valence electrons. The minimum atomic E-state index is -1.07. The lowest BCUT2D eigenvalue weighted by Gasteiger charge is -2.27. The summed E-state index contributed by atoms with van der Waals surface area (Å²) in [6, 6.07) is 7.09. The van der Waals surface area contributed by atoms with Crippen molar-refractivity contribution >= 4 is 40.9 Å². The number of anilines is 1. The maximum atomic E-state index is 11.9. The van der Waals surface area contributed by atoms with Gasteiger partial charge in [-0.05, 0) is 41.8 Å². The first kappa shape index (κ1) is 15.8. The second-order valence-electron chi connectivity index (χ2n) is 5.24. The van der Waals surface area contributed by atoms with Crippen molar-refractivity contribution in [3.8, 4) is 11.1 Å². The molecule has 1 aliphatic rings. The molecule has 1 N–H and O–H groups in total. The number of carbonyl (C=O) groups excluding carboxylic acids is 1. The predicted molar refractivity (Wildman–Crippen MR) is 88.0 cm³/mol. The lowest BCUT2D eigenvalue weighted by Crippen LogP contribution is -2.39. The van der Waals surface area contributed by atoms with E-state index in [1.54, 1.807) is 24.4 Å². The fourth-order valence-corrected chi connectivity index (χ4v) is 3.13. The summed E-state index contributed by atoms with van der Waals surface area (Å²) in [5.74, 6) is -0.898. The van der Waals surface area contributed by atoms with Gasteiger partial charge in [0.1, 0.15) is 12.4 Å². The van der Waals surface area contributed by atoms with Crippen LogP contribution in [0.25, 0.3) is 11.1 Å². The van der Waals surface area contributed by atoms with Crippen LogP contribution in [0, 0.1) is 0 Å². The maximum Gasteiger partial charge on any atom is 0.323 e. The zero-order valence-electron chi connectivity index (χ0n) is 11.9. The molecule has 2 aromatic rings. The van der Waals surface area contributed by atoms with E-state index >= 15 is 0 Å². The van der Waals surface area contributed by atoms with Crippen molar-refractivity contribution in [2.24, 2.45) is 0 Å². The third-order valence-electron chi connectivity index (χ3n) is 3.60. The van der Waals surface area contributed by atoms with Crippen molar-refractivity contribution in [3.05, 3.63) is 46.1 Å². The molecule has 0 atom stereocenters. The maximum absolute atomic E-state index is 11.9. The predicted octanol–water partition coefficient (Wildman–Crippen LogP) is 3.42. The summed E-state index contributed by atoms with van der Waals surface area (Å²) in [6.45, 7) is -0.388. The molecule has 0 unspecified atom stereocenters. The molecule has 0 bridgehead atoms. The normalized spacial score (nSPS) is 13.8. The van der Waals surface area contributed by atoms with Crippen LogP contribution in [0.3, 0.4) is 0 Å². The minimum Gasteiger partial charge on any atom is -0.480 e. The molecule has 0 spiro atoms. The van der Waals surface area contributed by atoms with Gasteiger partial charge in [-0.3, -0.25) is 14.5 Å². The first-order valence-electron chi connectivity index (χ1n) is 6.91. The molecule has 7 heteroatoms. The van der Waals surface area contributed by atoms with Crippen molar-refractivity contribution in [3.63, 3.8) is 0 Å². The van der Waals surface area contributed by atoms with Gasteiger partial charge in [0.05, 0.1) is 0 Å². The Morgan fingerprint density at radius 1 is 1.13 bits per heavy atom. The molecule has 23 heavy (non-hydrogen) atoms. The SMILES string of the molecule is O=C(O)CN1C(=O)CCc2cc(-c3cc(Cl)cc(Cl)c3)cnc21. The van der Waals surface area contributed by atoms with Gasteiger partial charge in [-0.15, -0.1) is 0 Å². The Labute approximate surface area is 142 Å². The van der Waals surface area contributed by atoms with Crippen LogP contribution in [0.15, 0.2) is 30.5 Å². The first-order chi connectivity index (χ1) is 10.9. The van der Waals surface area contributed by atoms with E-state index in [9.17, 15) is 9.59 Å². The monoisotopic (exact) mass is 350 g/mol. The number of amides is 1. The number of fused-ring (bicyclic) bond motifs is 1. The van der Waals surface area contributed by atoms with Crippen molar-refractivity contribution in [2.45, 2.75) is 12.8 Å². The molecule has 1 aromatic carbocycles. The van der Waals surface area contributed by atoms with Gasteiger partial charge in [-0.1, -0.05) is 23.2 Å². The van der Waals surface area contributed by atoms with E-state index in [2.05, 4.69) is 4.98 Å². The van der Waals surface area contributed by atoms with Gasteiger partial charge in [0.25, 0.3) is 0 Å². The number of aromatic nitrogens is 1. The van der Waals surface area contributed by atoms with Gasteiger partial charge in [-0.2, -0.15) is 0 Å². The Morgan fingerprint density at radius 2 is 1.83 bits per heavy atom. The molecule has 0 saturated carbocycles. The average Bonchev–Trinajstić information content (AvgIpc) is 2.48. The van der Waals surface area contributed by atoms with Crippen LogP contribution in [0.2, 0.25) is 10.0 Å². The number of carboxylic acid groups (broad SMARTS) is 1. The van der Waals surface area contributed by atoms with Crippen molar-refractivity contribution in [2.75, 3.05) is 11.4 Å². The highest BCUT2D eigenvalue weighted by molar-refractivity contribution is 6.35. The van der Waals surface area contributed by atoms with E-state index in [-0.39, 0.29) is 18.9 Å². The lowest BCUT2D eigenvalue weighted by atomic mass is 10.00. The zero-order chi connectivity index (χ0) is 16.6. The highest BCUT2D eigenvalue weighted by atomic mass is 35.5. The number of benzene rings is 1. The van der Waals surface area contributed by atoms with Crippen molar-refractivity contribution < 1.29 is 14.7 Å². The molecule has 0 aliphatic carbocycles. The summed E-state index contributed by atoms with van der Waals surface area (Å²) >= 11 is 12.0. The molecule has 1 aliphatic heterocycles. The van der Waals surface area contributed by atoms with Gasteiger partial charge in [-0.25, -0.2) is 4.98 Å². The van der Waals surface area contributed by atoms with E-state index in [0.717, 1.165) is 16.7 Å². The highest BCUT2D eigenvalue weighted by Crippen LogP contribution is 2.32. The summed E-state index contributed by atoms with van der Waals surface area (Å²) in [6.07, 6.45) is 2.38. The average molecular weight is 351 g/mol. The largest absolute Gasteiger partial charge is 0.480 e. The Bertz CT molecular complexity index is 788. The zero-order valence-corrected chi connectivity index (χ0v) is 13.4. The topological polar surface area (TPSA) is 70.5 Å². The second kappa shape index (κ2) is 6.18. The molecule has 3 rings (SSSR count). The van der Waals surface area contributed by atoms with E-state index in [4.69, 9.17) is 28.3 Å². The smallest absolute Gasteiger partial charge is 0.323 e. The molecular weight excluding hydrogens is 339 g/mol. The highest BCUT2D eigenvalue weighted by Gasteiger charge is 2.27. The van der Waals surface area contributed by atoms with Crippen molar-refractivity contribution in [1.29, 1.82) is 0 Å². The number of nitrogens with zero attached hydrogens (tertiary/aromatic N) is 2. The van der Waals surface area contributed by atoms with Crippen LogP contribution in [0.4, 0.5) is 5.82 Å². The molecule has 1 amide bonds. The fourth-order valence-electron chi connectivity index (χ4n) is 2.60. The molecule has 1 aromatic heterocycles. The first-order valence-corrected chi connectivity index (χ1v) is 7.67. The number of hydrogen-bond acceptors (Lipinski definition) is 3. The summed E-state index contributed by atoms with van der Waals surface area (Å²) in [7, 11) is 0. The van der Waals surface area contributed by atoms with Gasteiger partial charge in [0.15, 0.2) is 0 Å². The number of hydrogen-bond donors (Lipinski definition) is 1. The van der Waals surface area contributed by atoms with E-state index in [1.807, 2.05) is 6.07 Å². The molecule has 2 heterocycles. The molecule has 0 fully saturated rings. The van der Waals surface area contributed by atoms with E-state index < -0.39 is 5.97 Å². The molecule has 0 radical (unpaired) electrons. The van der Waals surface area contributed by atoms with Crippen LogP contribution in [0.1, 0.15) is 12.0 Å². The molecule has 5 nitrogen and oxygen atoms in total. The standard InChI is InChI=1S/C16H12Cl2N2O3/c17-12-4-10(5-13(18)6-12)11-3-9-1-2-14(21)20(8-15(22)23)16(9)19-7-11/h3-7H,1-2,8H2,(H,22,23). The molecular formula is C16H12Cl2N2O3. The molecule has 0 saturated heterocycles. The van der Waals surface area contributed by atoms with Crippen LogP contribution < -0.4 is 4.90 Å². The van der Waals surface area contributed by atoms with Crippen LogP contribution in [0.5, 0.6) is 0 Å². The summed E-state index contributed by atoms with van der Waals surface area (Å²) in [4.78, 5) is 28.4. The number of carboxylic acids is 1. The van der Waals surface area contributed by atoms with Gasteiger partial charge in [0.2, 0.25) is 5.91 Å². The van der Waals surface area contributed by atoms with E-state index in [1.165, 1.54) is 4.90 Å². The number of carbonyl (C=O) groups is 2. The fraction of sp³-hybridized carbons (Fsp3) is 0.188. The number of aryl methyl sites for hydroxylation is 1. The summed E-state index contributed by atoms with van der Waals surface area (Å²) < 4.78 is 0. The third-order valence-corrected chi connectivity index (χ3v) is 4.03. The number of aliphatic carboxylic acids is 1. The Kier molecular flexibility index (Phi) is 4.24. The third kappa shape index (κ3) is 3.30. The Balaban J connectivity index is 2.02. The van der Waals surface area contributed by atoms with Crippen LogP contribution >= 0.6 is 23.2 Å². The number of rotatable bonds is 3. The van der Waals surface area contributed by atoms with Crippen LogP contribution in [-0.4, -0.2) is 28.5 Å². The number of pyridine rings is 1. The number of halogens is 2. The minimum absolute atomic E-state index is 0.231. The van der Waals surface area contributed by atoms with E-state index in [0.29, 0.717) is 22.3 Å². The lowest BCUT2D eigenvalue weighted by molar-refractivity contribution is -0.136. The van der Waals surface area contributed by atoms with Crippen LogP contribution in [-0.2, 0) is 16.0 Å². The van der Waals surface area contributed by atoms with Crippen molar-refractivity contribution in [1.82, 2.24) is 4.98 Å². The summed E-state index contributed by atoms with van der Waals surface area (Å²) in [5.41, 5.74) is 2.47.